The van der Waals surface area contributed by atoms with E-state index in [0.29, 0.717) is 23.7 Å². The van der Waals surface area contributed by atoms with E-state index in [0.717, 1.165) is 0 Å². The minimum atomic E-state index is -0.876. The lowest BCUT2D eigenvalue weighted by atomic mass is 10.2. The van der Waals surface area contributed by atoms with Crippen molar-refractivity contribution in [2.75, 3.05) is 11.4 Å². The van der Waals surface area contributed by atoms with E-state index in [1.54, 1.807) is 16.5 Å². The van der Waals surface area contributed by atoms with Gasteiger partial charge in [-0.3, -0.25) is 4.79 Å². The molecule has 0 saturated heterocycles. The summed E-state index contributed by atoms with van der Waals surface area (Å²) in [5.41, 5.74) is 0. The Bertz CT molecular complexity index is 663. The van der Waals surface area contributed by atoms with E-state index >= 15 is 0 Å². The van der Waals surface area contributed by atoms with Gasteiger partial charge in [-0.1, -0.05) is 11.3 Å². The standard InChI is InChI=1S/C12H16N4O4S/c1-8(2)14(5-3-4-9(17)18)10-11(16(19)20)15-6-7-21-12(15)13-10/h6-8H,3-5H2,1-2H3,(H,17,18). The Morgan fingerprint density at radius 2 is 2.33 bits per heavy atom. The molecule has 1 N–H and O–H groups in total. The molecule has 0 unspecified atom stereocenters. The fraction of sp³-hybridized carbons (Fsp3) is 0.500. The van der Waals surface area contributed by atoms with Crippen LogP contribution in [0.2, 0.25) is 0 Å². The van der Waals surface area contributed by atoms with Gasteiger partial charge < -0.3 is 20.1 Å². The van der Waals surface area contributed by atoms with Gasteiger partial charge in [-0.25, -0.2) is 0 Å². The van der Waals surface area contributed by atoms with Gasteiger partial charge in [0.25, 0.3) is 4.96 Å². The first-order valence-electron chi connectivity index (χ1n) is 6.50. The summed E-state index contributed by atoms with van der Waals surface area (Å²) in [6.45, 7) is 4.21. The number of hydrogen-bond acceptors (Lipinski definition) is 6. The molecule has 0 radical (unpaired) electrons. The average molecular weight is 312 g/mol. The molecule has 8 nitrogen and oxygen atoms in total. The maximum absolute atomic E-state index is 11.3. The maximum Gasteiger partial charge on any atom is 0.373 e. The quantitative estimate of drug-likeness (QED) is 0.622. The third-order valence-electron chi connectivity index (χ3n) is 3.08. The first kappa shape index (κ1) is 15.2. The largest absolute Gasteiger partial charge is 0.481 e. The van der Waals surface area contributed by atoms with E-state index in [-0.39, 0.29) is 18.3 Å². The number of hydrogen-bond donors (Lipinski definition) is 1. The van der Waals surface area contributed by atoms with Gasteiger partial charge in [0.15, 0.2) is 0 Å². The van der Waals surface area contributed by atoms with Crippen LogP contribution in [0.25, 0.3) is 4.96 Å². The molecule has 21 heavy (non-hydrogen) atoms. The number of aliphatic carboxylic acids is 1. The summed E-state index contributed by atoms with van der Waals surface area (Å²) >= 11 is 1.32. The van der Waals surface area contributed by atoms with Gasteiger partial charge in [-0.05, 0) is 25.2 Å². The second-order valence-electron chi connectivity index (χ2n) is 4.86. The first-order chi connectivity index (χ1) is 9.91. The molecule has 114 valence electrons. The number of nitro groups is 1. The molecular formula is C12H16N4O4S. The Balaban J connectivity index is 2.35. The number of carbonyl (C=O) groups is 1. The highest BCUT2D eigenvalue weighted by molar-refractivity contribution is 7.15. The molecule has 0 atom stereocenters. The number of rotatable bonds is 7. The zero-order valence-electron chi connectivity index (χ0n) is 11.7. The van der Waals surface area contributed by atoms with E-state index in [1.165, 1.54) is 15.7 Å². The molecule has 2 rings (SSSR count). The Labute approximate surface area is 124 Å². The summed E-state index contributed by atoms with van der Waals surface area (Å²) in [6, 6.07) is -0.0119. The Hall–Kier alpha value is -2.16. The summed E-state index contributed by atoms with van der Waals surface area (Å²) in [7, 11) is 0. The summed E-state index contributed by atoms with van der Waals surface area (Å²) in [4.78, 5) is 28.2. The van der Waals surface area contributed by atoms with Gasteiger partial charge in [0.05, 0.1) is 0 Å². The van der Waals surface area contributed by atoms with Crippen LogP contribution in [0.5, 0.6) is 0 Å². The van der Waals surface area contributed by atoms with Crippen molar-refractivity contribution in [1.29, 1.82) is 0 Å². The number of thiazole rings is 1. The van der Waals surface area contributed by atoms with Crippen LogP contribution in [0.1, 0.15) is 26.7 Å². The number of carboxylic acids is 1. The molecular weight excluding hydrogens is 296 g/mol. The van der Waals surface area contributed by atoms with Crippen molar-refractivity contribution >= 4 is 33.9 Å². The van der Waals surface area contributed by atoms with Gasteiger partial charge in [0, 0.05) is 24.4 Å². The highest BCUT2D eigenvalue weighted by atomic mass is 32.1. The first-order valence-corrected chi connectivity index (χ1v) is 7.38. The molecule has 2 aromatic heterocycles. The summed E-state index contributed by atoms with van der Waals surface area (Å²) in [6.07, 6.45) is 2.06. The smallest absolute Gasteiger partial charge is 0.373 e. The minimum Gasteiger partial charge on any atom is -0.481 e. The molecule has 2 heterocycles. The second kappa shape index (κ2) is 6.08. The fourth-order valence-corrected chi connectivity index (χ4v) is 2.84. The molecule has 0 fully saturated rings. The summed E-state index contributed by atoms with van der Waals surface area (Å²) in [5.74, 6) is -0.651. The van der Waals surface area contributed by atoms with Crippen molar-refractivity contribution in [2.45, 2.75) is 32.7 Å². The molecule has 0 amide bonds. The van der Waals surface area contributed by atoms with Crippen LogP contribution in [0.3, 0.4) is 0 Å². The Kier molecular flexibility index (Phi) is 4.41. The summed E-state index contributed by atoms with van der Waals surface area (Å²) in [5, 5.41) is 21.8. The Morgan fingerprint density at radius 1 is 1.62 bits per heavy atom. The summed E-state index contributed by atoms with van der Waals surface area (Å²) < 4.78 is 1.45. The van der Waals surface area contributed by atoms with Crippen molar-refractivity contribution in [2.24, 2.45) is 0 Å². The van der Waals surface area contributed by atoms with Gasteiger partial charge in [0.1, 0.15) is 6.20 Å². The second-order valence-corrected chi connectivity index (χ2v) is 5.73. The van der Waals surface area contributed by atoms with Crippen LogP contribution in [-0.4, -0.2) is 38.0 Å². The fourth-order valence-electron chi connectivity index (χ4n) is 2.13. The number of fused-ring (bicyclic) bond motifs is 1. The molecule has 0 spiro atoms. The number of aromatic nitrogens is 2. The van der Waals surface area contributed by atoms with Gasteiger partial charge >= 0.3 is 11.8 Å². The highest BCUT2D eigenvalue weighted by Crippen LogP contribution is 2.32. The predicted octanol–water partition coefficient (Wildman–Crippen LogP) is 2.38. The molecule has 0 saturated carbocycles. The van der Waals surface area contributed by atoms with E-state index in [4.69, 9.17) is 5.11 Å². The molecule has 9 heteroatoms. The van der Waals surface area contributed by atoms with Crippen LogP contribution >= 0.6 is 11.3 Å². The highest BCUT2D eigenvalue weighted by Gasteiger charge is 2.29. The molecule has 0 bridgehead atoms. The third kappa shape index (κ3) is 3.13. The van der Waals surface area contributed by atoms with E-state index < -0.39 is 10.9 Å². The zero-order chi connectivity index (χ0) is 15.6. The van der Waals surface area contributed by atoms with Crippen molar-refractivity contribution < 1.29 is 14.8 Å². The monoisotopic (exact) mass is 312 g/mol. The normalized spacial score (nSPS) is 11.2. The SMILES string of the molecule is CC(C)N(CCCC(=O)O)c1nc2sccn2c1[N+](=O)[O-]. The van der Waals surface area contributed by atoms with E-state index in [1.807, 2.05) is 13.8 Å². The van der Waals surface area contributed by atoms with Crippen molar-refractivity contribution in [1.82, 2.24) is 9.38 Å². The van der Waals surface area contributed by atoms with Crippen molar-refractivity contribution in [3.8, 4) is 0 Å². The van der Waals surface area contributed by atoms with Crippen LogP contribution in [0.4, 0.5) is 11.6 Å². The molecule has 2 aromatic rings. The average Bonchev–Trinajstić information content (AvgIpc) is 2.92. The minimum absolute atomic E-state index is 0.0119. The molecule has 0 aromatic carbocycles. The zero-order valence-corrected chi connectivity index (χ0v) is 12.5. The van der Waals surface area contributed by atoms with E-state index in [9.17, 15) is 14.9 Å². The van der Waals surface area contributed by atoms with Crippen molar-refractivity contribution in [3.63, 3.8) is 0 Å². The van der Waals surface area contributed by atoms with Crippen LogP contribution in [0.15, 0.2) is 11.6 Å². The Morgan fingerprint density at radius 3 is 2.90 bits per heavy atom. The topological polar surface area (TPSA) is 101 Å². The van der Waals surface area contributed by atoms with Crippen LogP contribution in [0, 0.1) is 10.1 Å². The van der Waals surface area contributed by atoms with Gasteiger partial charge in [0.2, 0.25) is 5.82 Å². The third-order valence-corrected chi connectivity index (χ3v) is 3.83. The lowest BCUT2D eigenvalue weighted by Crippen LogP contribution is -2.33. The predicted molar refractivity (Wildman–Crippen MR) is 79.1 cm³/mol. The van der Waals surface area contributed by atoms with Gasteiger partial charge in [-0.2, -0.15) is 9.38 Å². The number of imidazole rings is 1. The van der Waals surface area contributed by atoms with E-state index in [2.05, 4.69) is 4.98 Å². The lowest BCUT2D eigenvalue weighted by Gasteiger charge is -2.25. The lowest BCUT2D eigenvalue weighted by molar-refractivity contribution is -0.389. The maximum atomic E-state index is 11.3. The molecule has 0 aliphatic heterocycles. The molecule has 0 aliphatic rings. The van der Waals surface area contributed by atoms with Crippen LogP contribution in [-0.2, 0) is 4.79 Å². The number of anilines is 1. The number of nitrogens with zero attached hydrogens (tertiary/aromatic N) is 4. The van der Waals surface area contributed by atoms with Crippen LogP contribution < -0.4 is 4.90 Å². The van der Waals surface area contributed by atoms with Crippen molar-refractivity contribution in [3.05, 3.63) is 21.7 Å². The number of carboxylic acid groups (broad SMARTS) is 1. The molecule has 0 aliphatic carbocycles. The van der Waals surface area contributed by atoms with Gasteiger partial charge in [-0.15, -0.1) is 0 Å².